The molecular weight excluding hydrogens is 480 g/mol. The Hall–Kier alpha value is -3.42. The Morgan fingerprint density at radius 2 is 1.82 bits per heavy atom. The van der Waals surface area contributed by atoms with E-state index in [9.17, 15) is 15.0 Å². The molecule has 7 heteroatoms. The number of aromatic nitrogens is 1. The fraction of sp³-hybridized carbons (Fsp3) is 0.419. The second kappa shape index (κ2) is 11.5. The quantitative estimate of drug-likeness (QED) is 0.330. The van der Waals surface area contributed by atoms with E-state index in [1.807, 2.05) is 55.6 Å². The van der Waals surface area contributed by atoms with Crippen LogP contribution in [0.2, 0.25) is 0 Å². The van der Waals surface area contributed by atoms with E-state index in [1.54, 1.807) is 34.0 Å². The molecule has 0 radical (unpaired) electrons. The van der Waals surface area contributed by atoms with E-state index in [2.05, 4.69) is 11.0 Å². The number of esters is 1. The second-order valence-corrected chi connectivity index (χ2v) is 10.9. The van der Waals surface area contributed by atoms with Crippen molar-refractivity contribution >= 4 is 34.3 Å². The van der Waals surface area contributed by atoms with Crippen molar-refractivity contribution in [2.45, 2.75) is 70.2 Å². The number of hydrogen-bond donors (Lipinski definition) is 2. The molecule has 0 amide bonds. The van der Waals surface area contributed by atoms with Gasteiger partial charge in [-0.25, -0.2) is 0 Å². The predicted octanol–water partition coefficient (Wildman–Crippen LogP) is 5.75. The van der Waals surface area contributed by atoms with E-state index >= 15 is 0 Å². The molecule has 202 valence electrons. The molecule has 1 fully saturated rings. The van der Waals surface area contributed by atoms with Gasteiger partial charge in [-0.2, -0.15) is 0 Å². The Bertz CT molecular complexity index is 1290. The average Bonchev–Trinajstić information content (AvgIpc) is 3.70. The molecule has 2 N–H and O–H groups in total. The van der Waals surface area contributed by atoms with Gasteiger partial charge in [-0.3, -0.25) is 9.78 Å². The van der Waals surface area contributed by atoms with Crippen LogP contribution in [-0.4, -0.2) is 53.1 Å². The zero-order chi connectivity index (χ0) is 27.4. The van der Waals surface area contributed by atoms with Gasteiger partial charge in [0.25, 0.3) is 0 Å². The van der Waals surface area contributed by atoms with E-state index in [1.165, 1.54) is 0 Å². The van der Waals surface area contributed by atoms with Gasteiger partial charge in [0.05, 0.1) is 42.6 Å². The van der Waals surface area contributed by atoms with Crippen molar-refractivity contribution in [3.63, 3.8) is 0 Å². The summed E-state index contributed by atoms with van der Waals surface area (Å²) in [5, 5.41) is 22.1. The molecule has 7 nitrogen and oxygen atoms in total. The van der Waals surface area contributed by atoms with Crippen LogP contribution >= 0.6 is 0 Å². The Balaban J connectivity index is 1.65. The van der Waals surface area contributed by atoms with Gasteiger partial charge in [-0.05, 0) is 63.9 Å². The summed E-state index contributed by atoms with van der Waals surface area (Å²) in [5.41, 5.74) is 4.26. The van der Waals surface area contributed by atoms with Crippen molar-refractivity contribution in [1.82, 2.24) is 4.98 Å². The molecular formula is C31H38N2O5. The first-order valence-electron chi connectivity index (χ1n) is 13.1. The summed E-state index contributed by atoms with van der Waals surface area (Å²) in [7, 11) is 3.67. The standard InChI is InChI=1S/C31H38N2O5/c1-31(2,3)38-28(36)19-23(35)18-22(34)14-17-26-29(20-10-11-20)32-27-9-7-6-8-25(27)30(26)33(4)21-12-15-24(37-5)16-13-21/h6-9,12-17,20,22-23,34-35H,10-11,18-19H2,1-5H3/b17-14+/t22-,23-/m1/s1. The van der Waals surface area contributed by atoms with E-state index in [-0.39, 0.29) is 12.8 Å². The van der Waals surface area contributed by atoms with Crippen molar-refractivity contribution in [3.05, 3.63) is 65.9 Å². The van der Waals surface area contributed by atoms with Gasteiger partial charge in [0.15, 0.2) is 0 Å². The molecule has 0 unspecified atom stereocenters. The number of rotatable bonds is 10. The maximum atomic E-state index is 12.1. The van der Waals surface area contributed by atoms with Crippen LogP contribution in [0.1, 0.15) is 63.6 Å². The molecule has 0 saturated heterocycles. The van der Waals surface area contributed by atoms with Gasteiger partial charge in [0.1, 0.15) is 11.4 Å². The Morgan fingerprint density at radius 3 is 2.45 bits per heavy atom. The minimum absolute atomic E-state index is 0.0270. The summed E-state index contributed by atoms with van der Waals surface area (Å²) in [4.78, 5) is 19.2. The van der Waals surface area contributed by atoms with Crippen LogP contribution in [0.5, 0.6) is 5.75 Å². The van der Waals surface area contributed by atoms with Gasteiger partial charge >= 0.3 is 5.97 Å². The summed E-state index contributed by atoms with van der Waals surface area (Å²) in [6.07, 6.45) is 3.66. The summed E-state index contributed by atoms with van der Waals surface area (Å²) in [6, 6.07) is 16.0. The highest BCUT2D eigenvalue weighted by molar-refractivity contribution is 5.99. The van der Waals surface area contributed by atoms with E-state index < -0.39 is 23.8 Å². The largest absolute Gasteiger partial charge is 0.497 e. The number of fused-ring (bicyclic) bond motifs is 1. The predicted molar refractivity (Wildman–Crippen MR) is 151 cm³/mol. The third-order valence-corrected chi connectivity index (χ3v) is 6.51. The Kier molecular flexibility index (Phi) is 8.38. The third-order valence-electron chi connectivity index (χ3n) is 6.51. The smallest absolute Gasteiger partial charge is 0.308 e. The third kappa shape index (κ3) is 6.91. The first-order chi connectivity index (χ1) is 18.1. The lowest BCUT2D eigenvalue weighted by Gasteiger charge is -2.25. The summed E-state index contributed by atoms with van der Waals surface area (Å²) in [6.45, 7) is 5.35. The number of ether oxygens (including phenoxy) is 2. The maximum absolute atomic E-state index is 12.1. The number of nitrogens with zero attached hydrogens (tertiary/aromatic N) is 2. The number of hydrogen-bond acceptors (Lipinski definition) is 7. The molecule has 1 aromatic heterocycles. The minimum atomic E-state index is -1.01. The molecule has 0 spiro atoms. The average molecular weight is 519 g/mol. The van der Waals surface area contributed by atoms with Gasteiger partial charge in [0, 0.05) is 36.0 Å². The van der Waals surface area contributed by atoms with Crippen molar-refractivity contribution < 1.29 is 24.5 Å². The van der Waals surface area contributed by atoms with Gasteiger partial charge in [0.2, 0.25) is 0 Å². The lowest BCUT2D eigenvalue weighted by atomic mass is 9.99. The van der Waals surface area contributed by atoms with Crippen LogP contribution in [0.4, 0.5) is 11.4 Å². The molecule has 38 heavy (non-hydrogen) atoms. The SMILES string of the molecule is COc1ccc(N(C)c2c(/C=C/[C@@H](O)C[C@@H](O)CC(=O)OC(C)(C)C)c(C3CC3)nc3ccccc23)cc1. The molecule has 3 aromatic rings. The first-order valence-corrected chi connectivity index (χ1v) is 13.1. The van der Waals surface area contributed by atoms with Crippen molar-refractivity contribution in [3.8, 4) is 5.75 Å². The van der Waals surface area contributed by atoms with Crippen LogP contribution in [-0.2, 0) is 9.53 Å². The van der Waals surface area contributed by atoms with Crippen molar-refractivity contribution in [2.24, 2.45) is 0 Å². The molecule has 0 aliphatic heterocycles. The van der Waals surface area contributed by atoms with E-state index in [0.717, 1.165) is 52.1 Å². The molecule has 2 atom stereocenters. The maximum Gasteiger partial charge on any atom is 0.308 e. The van der Waals surface area contributed by atoms with Crippen molar-refractivity contribution in [2.75, 3.05) is 19.1 Å². The van der Waals surface area contributed by atoms with Gasteiger partial charge < -0.3 is 24.6 Å². The highest BCUT2D eigenvalue weighted by Gasteiger charge is 2.30. The normalized spacial score (nSPS) is 15.4. The minimum Gasteiger partial charge on any atom is -0.497 e. The first kappa shape index (κ1) is 27.6. The van der Waals surface area contributed by atoms with Crippen LogP contribution in [0.25, 0.3) is 17.0 Å². The Morgan fingerprint density at radius 1 is 1.13 bits per heavy atom. The highest BCUT2D eigenvalue weighted by Crippen LogP contribution is 2.46. The molecule has 1 aliphatic carbocycles. The number of aliphatic hydroxyl groups excluding tert-OH is 2. The zero-order valence-corrected chi connectivity index (χ0v) is 22.8. The van der Waals surface area contributed by atoms with Crippen molar-refractivity contribution in [1.29, 1.82) is 0 Å². The lowest BCUT2D eigenvalue weighted by molar-refractivity contribution is -0.157. The number of carbonyl (C=O) groups excluding carboxylic acids is 1. The number of para-hydroxylation sites is 1. The molecule has 1 heterocycles. The van der Waals surface area contributed by atoms with Gasteiger partial charge in [-0.1, -0.05) is 30.4 Å². The number of benzene rings is 2. The Labute approximate surface area is 224 Å². The molecule has 0 bridgehead atoms. The molecule has 2 aromatic carbocycles. The lowest BCUT2D eigenvalue weighted by Crippen LogP contribution is -2.27. The van der Waals surface area contributed by atoms with Crippen LogP contribution in [0, 0.1) is 0 Å². The monoisotopic (exact) mass is 518 g/mol. The zero-order valence-electron chi connectivity index (χ0n) is 22.8. The fourth-order valence-corrected chi connectivity index (χ4v) is 4.58. The number of pyridine rings is 1. The number of aliphatic hydroxyl groups is 2. The summed E-state index contributed by atoms with van der Waals surface area (Å²) in [5.74, 6) is 0.671. The van der Waals surface area contributed by atoms with E-state index in [4.69, 9.17) is 14.5 Å². The molecule has 1 aliphatic rings. The van der Waals surface area contributed by atoms with Gasteiger partial charge in [-0.15, -0.1) is 0 Å². The van der Waals surface area contributed by atoms with Crippen LogP contribution in [0.3, 0.4) is 0 Å². The summed E-state index contributed by atoms with van der Waals surface area (Å²) < 4.78 is 10.6. The highest BCUT2D eigenvalue weighted by atomic mass is 16.6. The van der Waals surface area contributed by atoms with E-state index in [0.29, 0.717) is 5.92 Å². The number of methoxy groups -OCH3 is 1. The number of carbonyl (C=O) groups is 1. The molecule has 4 rings (SSSR count). The summed E-state index contributed by atoms with van der Waals surface area (Å²) >= 11 is 0. The number of anilines is 2. The fourth-order valence-electron chi connectivity index (χ4n) is 4.58. The van der Waals surface area contributed by atoms with Crippen LogP contribution in [0.15, 0.2) is 54.6 Å². The molecule has 1 saturated carbocycles. The second-order valence-electron chi connectivity index (χ2n) is 10.9. The topological polar surface area (TPSA) is 92.1 Å². The van der Waals surface area contributed by atoms with Crippen LogP contribution < -0.4 is 9.64 Å².